The first-order valence-corrected chi connectivity index (χ1v) is 10.1. The summed E-state index contributed by atoms with van der Waals surface area (Å²) in [5.74, 6) is 0.278. The number of nitrogens with zero attached hydrogens (tertiary/aromatic N) is 2. The van der Waals surface area contributed by atoms with E-state index in [4.69, 9.17) is 4.52 Å². The average molecular weight is 434 g/mol. The van der Waals surface area contributed by atoms with Gasteiger partial charge in [0.05, 0.1) is 4.88 Å². The van der Waals surface area contributed by atoms with Crippen molar-refractivity contribution in [2.45, 2.75) is 20.8 Å². The van der Waals surface area contributed by atoms with Gasteiger partial charge in [-0.1, -0.05) is 5.16 Å². The molecule has 0 radical (unpaired) electrons. The highest BCUT2D eigenvalue weighted by Crippen LogP contribution is 2.33. The summed E-state index contributed by atoms with van der Waals surface area (Å²) in [6, 6.07) is 9.78. The zero-order valence-electron chi connectivity index (χ0n) is 14.9. The van der Waals surface area contributed by atoms with Gasteiger partial charge in [-0.15, -0.1) is 11.3 Å². The number of amides is 1. The molecule has 0 saturated heterocycles. The van der Waals surface area contributed by atoms with Gasteiger partial charge in [0, 0.05) is 34.3 Å². The Morgan fingerprint density at radius 2 is 1.96 bits per heavy atom. The van der Waals surface area contributed by atoms with Crippen LogP contribution in [0.2, 0.25) is 0 Å². The summed E-state index contributed by atoms with van der Waals surface area (Å²) < 4.78 is 6.23. The molecule has 0 atom stereocenters. The van der Waals surface area contributed by atoms with E-state index in [-0.39, 0.29) is 5.91 Å². The van der Waals surface area contributed by atoms with Gasteiger partial charge in [-0.3, -0.25) is 4.79 Å². The van der Waals surface area contributed by atoms with Crippen LogP contribution in [0.4, 0.5) is 11.4 Å². The highest BCUT2D eigenvalue weighted by atomic mass is 79.9. The molecule has 136 valence electrons. The SMILES string of the molecule is CCN(CC)c1ccc(NC(=O)c2c(-c3cc(Br)cs3)noc2C)cc1. The maximum absolute atomic E-state index is 12.8. The Morgan fingerprint density at radius 1 is 1.27 bits per heavy atom. The van der Waals surface area contributed by atoms with Gasteiger partial charge in [-0.05, 0) is 67.0 Å². The van der Waals surface area contributed by atoms with Crippen LogP contribution in [0.15, 0.2) is 44.7 Å². The molecule has 0 bridgehead atoms. The maximum atomic E-state index is 12.8. The molecule has 3 aromatic rings. The van der Waals surface area contributed by atoms with E-state index in [0.29, 0.717) is 17.0 Å². The lowest BCUT2D eigenvalue weighted by Gasteiger charge is -2.21. The van der Waals surface area contributed by atoms with Crippen molar-refractivity contribution in [3.8, 4) is 10.6 Å². The largest absolute Gasteiger partial charge is 0.372 e. The van der Waals surface area contributed by atoms with E-state index in [2.05, 4.69) is 45.2 Å². The normalized spacial score (nSPS) is 10.8. The molecular weight excluding hydrogens is 414 g/mol. The van der Waals surface area contributed by atoms with E-state index in [9.17, 15) is 4.79 Å². The first-order valence-electron chi connectivity index (χ1n) is 8.40. The third-order valence-electron chi connectivity index (χ3n) is 4.14. The molecule has 0 aliphatic heterocycles. The fourth-order valence-corrected chi connectivity index (χ4v) is 4.20. The highest BCUT2D eigenvalue weighted by molar-refractivity contribution is 9.10. The van der Waals surface area contributed by atoms with E-state index in [1.54, 1.807) is 6.92 Å². The van der Waals surface area contributed by atoms with Gasteiger partial charge in [0.15, 0.2) is 0 Å². The van der Waals surface area contributed by atoms with Crippen LogP contribution >= 0.6 is 27.3 Å². The fraction of sp³-hybridized carbons (Fsp3) is 0.263. The summed E-state index contributed by atoms with van der Waals surface area (Å²) in [5.41, 5.74) is 2.91. The standard InChI is InChI=1S/C19H20BrN3O2S/c1-4-23(5-2)15-8-6-14(7-9-15)21-19(24)17-12(3)25-22-18(17)16-10-13(20)11-26-16/h6-11H,4-5H2,1-3H3,(H,21,24). The van der Waals surface area contributed by atoms with Crippen molar-refractivity contribution < 1.29 is 9.32 Å². The smallest absolute Gasteiger partial charge is 0.261 e. The van der Waals surface area contributed by atoms with Gasteiger partial charge in [0.2, 0.25) is 0 Å². The number of anilines is 2. The predicted molar refractivity (Wildman–Crippen MR) is 110 cm³/mol. The number of nitrogens with one attached hydrogen (secondary N) is 1. The molecule has 7 heteroatoms. The van der Waals surface area contributed by atoms with E-state index < -0.39 is 0 Å². The number of aryl methyl sites for hydroxylation is 1. The molecule has 2 heterocycles. The van der Waals surface area contributed by atoms with Crippen LogP contribution in [0.3, 0.4) is 0 Å². The van der Waals surface area contributed by atoms with Crippen molar-refractivity contribution in [3.63, 3.8) is 0 Å². The van der Waals surface area contributed by atoms with Crippen LogP contribution in [-0.4, -0.2) is 24.2 Å². The number of carbonyl (C=O) groups is 1. The van der Waals surface area contributed by atoms with Gasteiger partial charge < -0.3 is 14.7 Å². The molecular formula is C19H20BrN3O2S. The lowest BCUT2D eigenvalue weighted by molar-refractivity contribution is 0.102. The molecule has 0 saturated carbocycles. The van der Waals surface area contributed by atoms with Crippen LogP contribution in [0.1, 0.15) is 30.0 Å². The Bertz CT molecular complexity index is 898. The zero-order chi connectivity index (χ0) is 18.7. The number of rotatable bonds is 6. The predicted octanol–water partition coefficient (Wildman–Crippen LogP) is 5.57. The molecule has 1 aromatic carbocycles. The Kier molecular flexibility index (Phi) is 5.78. The molecule has 26 heavy (non-hydrogen) atoms. The number of aromatic nitrogens is 1. The molecule has 1 amide bonds. The number of hydrogen-bond acceptors (Lipinski definition) is 5. The third-order valence-corrected chi connectivity index (χ3v) is 5.84. The summed E-state index contributed by atoms with van der Waals surface area (Å²) in [5, 5.41) is 8.96. The van der Waals surface area contributed by atoms with E-state index in [0.717, 1.165) is 33.8 Å². The van der Waals surface area contributed by atoms with Crippen molar-refractivity contribution in [2.75, 3.05) is 23.3 Å². The lowest BCUT2D eigenvalue weighted by atomic mass is 10.1. The van der Waals surface area contributed by atoms with E-state index >= 15 is 0 Å². The molecule has 0 unspecified atom stereocenters. The monoisotopic (exact) mass is 433 g/mol. The van der Waals surface area contributed by atoms with Crippen LogP contribution < -0.4 is 10.2 Å². The summed E-state index contributed by atoms with van der Waals surface area (Å²) in [6.45, 7) is 7.89. The molecule has 1 N–H and O–H groups in total. The zero-order valence-corrected chi connectivity index (χ0v) is 17.3. The van der Waals surface area contributed by atoms with E-state index in [1.165, 1.54) is 11.3 Å². The molecule has 2 aromatic heterocycles. The minimum absolute atomic E-state index is 0.223. The molecule has 0 spiro atoms. The van der Waals surface area contributed by atoms with Crippen molar-refractivity contribution in [3.05, 3.63) is 51.5 Å². The minimum atomic E-state index is -0.223. The Labute approximate surface area is 165 Å². The highest BCUT2D eigenvalue weighted by Gasteiger charge is 2.22. The van der Waals surface area contributed by atoms with Crippen LogP contribution in [-0.2, 0) is 0 Å². The molecule has 0 aliphatic carbocycles. The number of hydrogen-bond donors (Lipinski definition) is 1. The van der Waals surface area contributed by atoms with Crippen LogP contribution in [0.5, 0.6) is 0 Å². The Hall–Kier alpha value is -2.12. The van der Waals surface area contributed by atoms with Gasteiger partial charge in [-0.2, -0.15) is 0 Å². The number of thiophene rings is 1. The third kappa shape index (κ3) is 3.83. The molecule has 0 aliphatic rings. The van der Waals surface area contributed by atoms with Crippen molar-refractivity contribution in [1.82, 2.24) is 5.16 Å². The van der Waals surface area contributed by atoms with Crippen LogP contribution in [0.25, 0.3) is 10.6 Å². The van der Waals surface area contributed by atoms with Crippen molar-refractivity contribution in [1.29, 1.82) is 0 Å². The molecule has 0 fully saturated rings. The van der Waals surface area contributed by atoms with E-state index in [1.807, 2.05) is 35.7 Å². The Balaban J connectivity index is 1.82. The average Bonchev–Trinajstić information content (AvgIpc) is 3.23. The summed E-state index contributed by atoms with van der Waals surface area (Å²) in [6.07, 6.45) is 0. The second-order valence-corrected chi connectivity index (χ2v) is 7.59. The summed E-state index contributed by atoms with van der Waals surface area (Å²) in [4.78, 5) is 15.9. The second kappa shape index (κ2) is 8.05. The maximum Gasteiger partial charge on any atom is 0.261 e. The minimum Gasteiger partial charge on any atom is -0.372 e. The topological polar surface area (TPSA) is 58.4 Å². The first kappa shape index (κ1) is 18.7. The lowest BCUT2D eigenvalue weighted by Crippen LogP contribution is -2.21. The van der Waals surface area contributed by atoms with Crippen LogP contribution in [0, 0.1) is 6.92 Å². The van der Waals surface area contributed by atoms with Gasteiger partial charge in [-0.25, -0.2) is 0 Å². The first-order chi connectivity index (χ1) is 12.5. The summed E-state index contributed by atoms with van der Waals surface area (Å²) in [7, 11) is 0. The Morgan fingerprint density at radius 3 is 2.54 bits per heavy atom. The van der Waals surface area contributed by atoms with Crippen molar-refractivity contribution >= 4 is 44.5 Å². The number of halogens is 1. The second-order valence-electron chi connectivity index (χ2n) is 5.76. The van der Waals surface area contributed by atoms with Gasteiger partial charge >= 0.3 is 0 Å². The molecule has 5 nitrogen and oxygen atoms in total. The van der Waals surface area contributed by atoms with Gasteiger partial charge in [0.25, 0.3) is 5.91 Å². The van der Waals surface area contributed by atoms with Crippen molar-refractivity contribution in [2.24, 2.45) is 0 Å². The fourth-order valence-electron chi connectivity index (χ4n) is 2.78. The van der Waals surface area contributed by atoms with Gasteiger partial charge in [0.1, 0.15) is 17.0 Å². The quantitative estimate of drug-likeness (QED) is 0.551. The number of benzene rings is 1. The number of carbonyl (C=O) groups excluding carboxylic acids is 1. The summed E-state index contributed by atoms with van der Waals surface area (Å²) >= 11 is 4.94. The molecule has 3 rings (SSSR count).